The van der Waals surface area contributed by atoms with E-state index in [1.54, 1.807) is 0 Å². The van der Waals surface area contributed by atoms with E-state index in [9.17, 15) is 9.90 Å². The van der Waals surface area contributed by atoms with Gasteiger partial charge in [-0.25, -0.2) is 0 Å². The van der Waals surface area contributed by atoms with Gasteiger partial charge in [0.1, 0.15) is 0 Å². The Kier molecular flexibility index (Phi) is 6.90. The molecule has 0 saturated carbocycles. The number of H-pyrrole nitrogens is 1. The molecule has 0 aliphatic carbocycles. The summed E-state index contributed by atoms with van der Waals surface area (Å²) in [5.74, 6) is 0. The minimum atomic E-state index is -0.112. The Labute approximate surface area is 182 Å². The van der Waals surface area contributed by atoms with E-state index in [1.807, 2.05) is 49.9 Å². The van der Waals surface area contributed by atoms with Crippen LogP contribution in [0, 0.1) is 27.7 Å². The van der Waals surface area contributed by atoms with Crippen LogP contribution < -0.4 is 10.9 Å². The Morgan fingerprint density at radius 3 is 2.57 bits per heavy atom. The maximum absolute atomic E-state index is 12.8. The first-order valence-electron chi connectivity index (χ1n) is 10.2. The van der Waals surface area contributed by atoms with Gasteiger partial charge in [0.15, 0.2) is 5.11 Å². The molecule has 0 spiro atoms. The Morgan fingerprint density at radius 1 is 1.10 bits per heavy atom. The fraction of sp³-hybridized carbons (Fsp3) is 0.333. The average Bonchev–Trinajstić information content (AvgIpc) is 2.71. The number of aryl methyl sites for hydroxylation is 4. The van der Waals surface area contributed by atoms with Crippen molar-refractivity contribution in [3.8, 4) is 0 Å². The minimum Gasteiger partial charge on any atom is -0.396 e. The molecule has 0 aliphatic rings. The SMILES string of the molecule is Cc1ccc(NC(=S)N(CCCO)Cc2cc3ccc(C)c(C)c3[nH]c2=O)c(C)c1. The highest BCUT2D eigenvalue weighted by molar-refractivity contribution is 7.80. The summed E-state index contributed by atoms with van der Waals surface area (Å²) in [7, 11) is 0. The molecule has 0 bridgehead atoms. The van der Waals surface area contributed by atoms with Gasteiger partial charge in [-0.3, -0.25) is 4.79 Å². The van der Waals surface area contributed by atoms with E-state index in [4.69, 9.17) is 12.2 Å². The fourth-order valence-corrected chi connectivity index (χ4v) is 3.82. The molecule has 30 heavy (non-hydrogen) atoms. The zero-order valence-electron chi connectivity index (χ0n) is 18.0. The van der Waals surface area contributed by atoms with Crippen molar-refractivity contribution in [2.24, 2.45) is 0 Å². The molecular weight excluding hydrogens is 394 g/mol. The standard InChI is InChI=1S/C24H29N3O2S/c1-15-6-9-21(17(3)12-15)25-24(30)27(10-5-11-28)14-20-13-19-8-7-16(2)18(4)22(19)26-23(20)29/h6-9,12-13,28H,5,10-11,14H2,1-4H3,(H,25,30)(H,26,29). The molecule has 3 rings (SSSR count). The van der Waals surface area contributed by atoms with Crippen molar-refractivity contribution < 1.29 is 5.11 Å². The molecule has 3 aromatic rings. The third kappa shape index (κ3) is 4.89. The molecular formula is C24H29N3O2S. The Hall–Kier alpha value is -2.70. The van der Waals surface area contributed by atoms with Crippen LogP contribution >= 0.6 is 12.2 Å². The summed E-state index contributed by atoms with van der Waals surface area (Å²) >= 11 is 5.66. The smallest absolute Gasteiger partial charge is 0.253 e. The molecule has 3 N–H and O–H groups in total. The molecule has 0 radical (unpaired) electrons. The number of nitrogens with zero attached hydrogens (tertiary/aromatic N) is 1. The first kappa shape index (κ1) is 22.0. The van der Waals surface area contributed by atoms with Crippen LogP contribution in [0.1, 0.15) is 34.2 Å². The number of hydrogen-bond donors (Lipinski definition) is 3. The number of rotatable bonds is 6. The highest BCUT2D eigenvalue weighted by Crippen LogP contribution is 2.20. The van der Waals surface area contributed by atoms with Crippen molar-refractivity contribution in [1.82, 2.24) is 9.88 Å². The van der Waals surface area contributed by atoms with Crippen LogP contribution in [0.15, 0.2) is 41.2 Å². The lowest BCUT2D eigenvalue weighted by Gasteiger charge is -2.26. The highest BCUT2D eigenvalue weighted by atomic mass is 32.1. The Bertz CT molecular complexity index is 1140. The maximum atomic E-state index is 12.8. The number of thiocarbonyl (C=S) groups is 1. The van der Waals surface area contributed by atoms with Gasteiger partial charge in [-0.05, 0) is 80.5 Å². The second kappa shape index (κ2) is 9.41. The second-order valence-electron chi connectivity index (χ2n) is 7.84. The number of nitrogens with one attached hydrogen (secondary N) is 2. The predicted molar refractivity (Wildman–Crippen MR) is 128 cm³/mol. The molecule has 1 aromatic heterocycles. The summed E-state index contributed by atoms with van der Waals surface area (Å²) in [5.41, 5.74) is 6.88. The van der Waals surface area contributed by atoms with Crippen molar-refractivity contribution in [1.29, 1.82) is 0 Å². The van der Waals surface area contributed by atoms with E-state index in [0.29, 0.717) is 30.2 Å². The van der Waals surface area contributed by atoms with Gasteiger partial charge in [-0.15, -0.1) is 0 Å². The van der Waals surface area contributed by atoms with E-state index in [0.717, 1.165) is 33.3 Å². The van der Waals surface area contributed by atoms with Crippen LogP contribution in [0.25, 0.3) is 10.9 Å². The molecule has 0 aliphatic heterocycles. The quantitative estimate of drug-likeness (QED) is 0.515. The van der Waals surface area contributed by atoms with Crippen molar-refractivity contribution in [3.05, 3.63) is 74.6 Å². The van der Waals surface area contributed by atoms with Crippen LogP contribution in [0.3, 0.4) is 0 Å². The van der Waals surface area contributed by atoms with Crippen molar-refractivity contribution in [3.63, 3.8) is 0 Å². The molecule has 0 atom stereocenters. The fourth-order valence-electron chi connectivity index (χ4n) is 3.56. The number of aliphatic hydroxyl groups is 1. The van der Waals surface area contributed by atoms with Gasteiger partial charge in [-0.2, -0.15) is 0 Å². The largest absolute Gasteiger partial charge is 0.396 e. The molecule has 0 fully saturated rings. The van der Waals surface area contributed by atoms with Crippen LogP contribution in [0.5, 0.6) is 0 Å². The van der Waals surface area contributed by atoms with E-state index >= 15 is 0 Å². The molecule has 158 valence electrons. The first-order valence-corrected chi connectivity index (χ1v) is 10.6. The first-order chi connectivity index (χ1) is 14.3. The number of hydrogen-bond acceptors (Lipinski definition) is 3. The minimum absolute atomic E-state index is 0.0647. The molecule has 6 heteroatoms. The molecule has 1 heterocycles. The van der Waals surface area contributed by atoms with Gasteiger partial charge >= 0.3 is 0 Å². The van der Waals surface area contributed by atoms with Crippen molar-refractivity contribution >= 4 is 33.9 Å². The summed E-state index contributed by atoms with van der Waals surface area (Å²) in [6.07, 6.45) is 0.568. The van der Waals surface area contributed by atoms with Gasteiger partial charge in [0.2, 0.25) is 0 Å². The molecule has 5 nitrogen and oxygen atoms in total. The topological polar surface area (TPSA) is 68.4 Å². The van der Waals surface area contributed by atoms with Gasteiger partial charge in [0, 0.05) is 24.4 Å². The Balaban J connectivity index is 1.88. The van der Waals surface area contributed by atoms with Crippen LogP contribution in [0.4, 0.5) is 5.69 Å². The number of aliphatic hydroxyl groups excluding tert-OH is 1. The maximum Gasteiger partial charge on any atom is 0.253 e. The lowest BCUT2D eigenvalue weighted by molar-refractivity contribution is 0.265. The predicted octanol–water partition coefficient (Wildman–Crippen LogP) is 4.34. The molecule has 0 unspecified atom stereocenters. The van der Waals surface area contributed by atoms with Gasteiger partial charge in [-0.1, -0.05) is 29.8 Å². The summed E-state index contributed by atoms with van der Waals surface area (Å²) < 4.78 is 0. The van der Waals surface area contributed by atoms with Crippen LogP contribution in [-0.2, 0) is 6.54 Å². The third-order valence-corrected chi connectivity index (χ3v) is 5.85. The summed E-state index contributed by atoms with van der Waals surface area (Å²) in [4.78, 5) is 17.8. The van der Waals surface area contributed by atoms with E-state index in [1.165, 1.54) is 5.56 Å². The monoisotopic (exact) mass is 423 g/mol. The van der Waals surface area contributed by atoms with Crippen molar-refractivity contribution in [2.75, 3.05) is 18.5 Å². The van der Waals surface area contributed by atoms with E-state index in [-0.39, 0.29) is 12.2 Å². The lowest BCUT2D eigenvalue weighted by atomic mass is 10.0. The molecule has 0 amide bonds. The highest BCUT2D eigenvalue weighted by Gasteiger charge is 2.15. The van der Waals surface area contributed by atoms with E-state index < -0.39 is 0 Å². The second-order valence-corrected chi connectivity index (χ2v) is 8.23. The zero-order chi connectivity index (χ0) is 21.8. The summed E-state index contributed by atoms with van der Waals surface area (Å²) in [6.45, 7) is 9.13. The Morgan fingerprint density at radius 2 is 1.87 bits per heavy atom. The van der Waals surface area contributed by atoms with Crippen LogP contribution in [-0.4, -0.2) is 33.3 Å². The van der Waals surface area contributed by atoms with Gasteiger partial charge in [0.05, 0.1) is 12.1 Å². The van der Waals surface area contributed by atoms with Gasteiger partial charge in [0.25, 0.3) is 5.56 Å². The third-order valence-electron chi connectivity index (χ3n) is 5.49. The summed E-state index contributed by atoms with van der Waals surface area (Å²) in [5, 5.41) is 14.2. The lowest BCUT2D eigenvalue weighted by Crippen LogP contribution is -2.37. The normalized spacial score (nSPS) is 11.0. The van der Waals surface area contributed by atoms with Crippen LogP contribution in [0.2, 0.25) is 0 Å². The van der Waals surface area contributed by atoms with E-state index in [2.05, 4.69) is 29.4 Å². The van der Waals surface area contributed by atoms with Gasteiger partial charge < -0.3 is 20.3 Å². The zero-order valence-corrected chi connectivity index (χ0v) is 18.8. The molecule has 0 saturated heterocycles. The number of fused-ring (bicyclic) bond motifs is 1. The number of anilines is 1. The number of aromatic amines is 1. The summed E-state index contributed by atoms with van der Waals surface area (Å²) in [6, 6.07) is 12.2. The molecule has 2 aromatic carbocycles. The van der Waals surface area contributed by atoms with Crippen molar-refractivity contribution in [2.45, 2.75) is 40.7 Å². The number of benzene rings is 2. The average molecular weight is 424 g/mol. The number of pyridine rings is 1. The number of aromatic nitrogens is 1.